The number of nitroso groups, excluding NO2 is 1. The molecule has 0 radical (unpaired) electrons. The zero-order valence-electron chi connectivity index (χ0n) is 11.6. The summed E-state index contributed by atoms with van der Waals surface area (Å²) in [6.07, 6.45) is 0. The third kappa shape index (κ3) is 2.63. The van der Waals surface area contributed by atoms with E-state index in [0.717, 1.165) is 0 Å². The fourth-order valence-corrected chi connectivity index (χ4v) is 1.06. The van der Waals surface area contributed by atoms with E-state index in [1.807, 2.05) is 0 Å². The first-order chi connectivity index (χ1) is 8.51. The van der Waals surface area contributed by atoms with Gasteiger partial charge in [-0.15, -0.1) is 4.91 Å². The molecule has 15 heavy (non-hydrogen) atoms. The van der Waals surface area contributed by atoms with Gasteiger partial charge >= 0.3 is 0 Å². The number of benzene rings is 1. The molecular weight excluding hydrogens is 192 g/mol. The number of hydrogen-bond donors (Lipinski definition) is 1. The molecule has 0 aromatic heterocycles. The molecule has 1 aromatic rings. The van der Waals surface area contributed by atoms with Gasteiger partial charge in [-0.1, -0.05) is 12.1 Å². The molecule has 1 rings (SSSR count). The Bertz CT molecular complexity index is 444. The molecule has 0 heterocycles. The second kappa shape index (κ2) is 4.70. The van der Waals surface area contributed by atoms with E-state index in [9.17, 15) is 4.91 Å². The highest BCUT2D eigenvalue weighted by Crippen LogP contribution is 2.21. The number of anilines is 1. The highest BCUT2D eigenvalue weighted by atomic mass is 16.5. The zero-order chi connectivity index (χ0) is 13.7. The summed E-state index contributed by atoms with van der Waals surface area (Å²) < 4.78 is 21.6. The number of nitrogens with zero attached hydrogens (tertiary/aromatic N) is 2. The van der Waals surface area contributed by atoms with Gasteiger partial charge in [-0.3, -0.25) is 10.3 Å². The van der Waals surface area contributed by atoms with Crippen molar-refractivity contribution < 1.29 is 9.38 Å². The van der Waals surface area contributed by atoms with Gasteiger partial charge in [0.25, 0.3) is 0 Å². The average Bonchev–Trinajstić information content (AvgIpc) is 2.39. The van der Waals surface area contributed by atoms with Crippen molar-refractivity contribution in [3.63, 3.8) is 0 Å². The van der Waals surface area contributed by atoms with Crippen LogP contribution in [0.1, 0.15) is 16.6 Å². The van der Waals surface area contributed by atoms with Crippen molar-refractivity contribution >= 4 is 11.4 Å². The third-order valence-corrected chi connectivity index (χ3v) is 2.19. The zero-order valence-corrected chi connectivity index (χ0v) is 8.60. The predicted octanol–water partition coefficient (Wildman–Crippen LogP) is 3.24. The predicted molar refractivity (Wildman–Crippen MR) is 60.4 cm³/mol. The minimum absolute atomic E-state index is 0.283. The molecule has 4 heteroatoms. The van der Waals surface area contributed by atoms with Gasteiger partial charge in [0.15, 0.2) is 0 Å². The lowest BCUT2D eigenvalue weighted by Gasteiger charge is -2.24. The van der Waals surface area contributed by atoms with Crippen LogP contribution in [0, 0.1) is 4.91 Å². The van der Waals surface area contributed by atoms with Gasteiger partial charge in [0.1, 0.15) is 5.69 Å². The molecule has 0 spiro atoms. The molecule has 0 fully saturated rings. The maximum Gasteiger partial charge on any atom is 0.246 e. The highest BCUT2D eigenvalue weighted by Gasteiger charge is 2.12. The molecule has 0 aliphatic rings. The first kappa shape index (κ1) is 7.59. The smallest absolute Gasteiger partial charge is 0.246 e. The molecule has 0 aliphatic heterocycles. The second-order valence-corrected chi connectivity index (χ2v) is 3.29. The molecule has 1 N–H and O–H groups in total. The van der Waals surface area contributed by atoms with Gasteiger partial charge in [-0.05, 0) is 43.3 Å². The van der Waals surface area contributed by atoms with E-state index in [-0.39, 0.29) is 12.2 Å². The summed E-state index contributed by atoms with van der Waals surface area (Å²) in [5, 5.41) is 8.54. The quantitative estimate of drug-likeness (QED) is 0.460. The van der Waals surface area contributed by atoms with Crippen molar-refractivity contribution in [1.29, 1.82) is 0 Å². The van der Waals surface area contributed by atoms with Crippen molar-refractivity contribution in [2.24, 2.45) is 5.18 Å². The van der Waals surface area contributed by atoms with Gasteiger partial charge in [0.05, 0.1) is 14.5 Å². The summed E-state index contributed by atoms with van der Waals surface area (Å²) in [6, 6.07) is 5.75. The summed E-state index contributed by atoms with van der Waals surface area (Å²) in [6.45, 7) is 3.04. The van der Waals surface area contributed by atoms with Crippen molar-refractivity contribution in [2.75, 3.05) is 5.06 Å². The third-order valence-electron chi connectivity index (χ3n) is 2.19. The molecule has 1 atom stereocenters. The number of rotatable bonds is 5. The monoisotopic (exact) mass is 209 g/mol. The first-order valence-electron chi connectivity index (χ1n) is 5.92. The Morgan fingerprint density at radius 3 is 2.80 bits per heavy atom. The van der Waals surface area contributed by atoms with E-state index >= 15 is 0 Å². The maximum atomic E-state index is 10.3. The Hall–Kier alpha value is -1.68. The molecule has 1 aromatic carbocycles. The number of hydroxylamine groups is 1. The van der Waals surface area contributed by atoms with Crippen molar-refractivity contribution in [1.82, 2.24) is 0 Å². The van der Waals surface area contributed by atoms with Gasteiger partial charge < -0.3 is 0 Å². The maximum absolute atomic E-state index is 10.3. The van der Waals surface area contributed by atoms with E-state index in [1.54, 1.807) is 26.0 Å². The Labute approximate surface area is 93.1 Å². The summed E-state index contributed by atoms with van der Waals surface area (Å²) in [5.74, 6) is 0. The van der Waals surface area contributed by atoms with Gasteiger partial charge in [0, 0.05) is 0 Å². The minimum Gasteiger partial charge on any atom is -0.288 e. The fourth-order valence-electron chi connectivity index (χ4n) is 1.06. The van der Waals surface area contributed by atoms with Crippen LogP contribution in [-0.4, -0.2) is 11.3 Å². The molecule has 0 amide bonds. The van der Waals surface area contributed by atoms with Gasteiger partial charge in [-0.25, -0.2) is 0 Å². The van der Waals surface area contributed by atoms with Crippen molar-refractivity contribution in [3.05, 3.63) is 41.3 Å². The van der Waals surface area contributed by atoms with E-state index < -0.39 is 6.04 Å². The van der Waals surface area contributed by atoms with Crippen LogP contribution in [0.25, 0.3) is 0 Å². The van der Waals surface area contributed by atoms with E-state index in [0.29, 0.717) is 11.3 Å². The molecular formula is C11H14N2O2. The van der Waals surface area contributed by atoms with E-state index in [4.69, 9.17) is 4.17 Å². The normalized spacial score (nSPS) is 14.4. The second-order valence-electron chi connectivity index (χ2n) is 3.29. The van der Waals surface area contributed by atoms with E-state index in [1.165, 1.54) is 17.2 Å². The van der Waals surface area contributed by atoms with Gasteiger partial charge in [0.2, 0.25) is 1.43 Å². The Kier molecular flexibility index (Phi) is 2.38. The molecule has 80 valence electrons. The van der Waals surface area contributed by atoms with Gasteiger partial charge in [-0.2, -0.15) is 0 Å². The molecule has 0 bridgehead atoms. The molecule has 0 aliphatic carbocycles. The minimum atomic E-state index is -0.428. The largest absolute Gasteiger partial charge is 0.288 e. The van der Waals surface area contributed by atoms with Crippen LogP contribution < -0.4 is 5.06 Å². The molecule has 0 saturated carbocycles. The van der Waals surface area contributed by atoms with Crippen molar-refractivity contribution in [3.8, 4) is 0 Å². The lowest BCUT2D eigenvalue weighted by atomic mass is 10.1. The first-order valence-corrected chi connectivity index (χ1v) is 4.51. The van der Waals surface area contributed by atoms with Crippen LogP contribution in [0.2, 0.25) is 1.43 Å². The molecule has 4 nitrogen and oxygen atoms in total. The SMILES string of the molecule is [2H]ON(c1ccc(N=O)cc1)C(C)C(C)=C([2H])[2H]. The Balaban J connectivity index is 3.02. The van der Waals surface area contributed by atoms with Crippen LogP contribution in [-0.2, 0) is 0 Å². The highest BCUT2D eigenvalue weighted by molar-refractivity contribution is 5.52. The fraction of sp³-hybridized carbons (Fsp3) is 0.273. The summed E-state index contributed by atoms with van der Waals surface area (Å²) >= 11 is 0. The summed E-state index contributed by atoms with van der Waals surface area (Å²) in [5.41, 5.74) is 1.30. The lowest BCUT2D eigenvalue weighted by molar-refractivity contribution is 0.234. The van der Waals surface area contributed by atoms with Crippen LogP contribution in [0.4, 0.5) is 11.4 Å². The summed E-state index contributed by atoms with van der Waals surface area (Å²) in [4.78, 5) is 10.3. The summed E-state index contributed by atoms with van der Waals surface area (Å²) in [7, 11) is 0. The topological polar surface area (TPSA) is 52.9 Å². The Morgan fingerprint density at radius 1 is 1.67 bits per heavy atom. The standard InChI is InChI=1S/C11H14N2O2/c1-8(2)9(3)13(15)11-6-4-10(12-14)5-7-11/h4-7,9,15H,1H2,2-3H3/i1D2,15D. The van der Waals surface area contributed by atoms with Crippen LogP contribution in [0.5, 0.6) is 0 Å². The van der Waals surface area contributed by atoms with Crippen molar-refractivity contribution in [2.45, 2.75) is 19.9 Å². The Morgan fingerprint density at radius 2 is 2.33 bits per heavy atom. The number of hydrogen-bond acceptors (Lipinski definition) is 4. The van der Waals surface area contributed by atoms with Crippen LogP contribution in [0.15, 0.2) is 41.5 Å². The lowest BCUT2D eigenvalue weighted by Crippen LogP contribution is -2.29. The van der Waals surface area contributed by atoms with Crippen LogP contribution >= 0.6 is 0 Å². The van der Waals surface area contributed by atoms with E-state index in [2.05, 4.69) is 10.4 Å². The molecule has 1 unspecified atom stereocenters. The average molecular weight is 209 g/mol. The molecule has 0 saturated heterocycles. The van der Waals surface area contributed by atoms with Crippen LogP contribution in [0.3, 0.4) is 0 Å².